The van der Waals surface area contributed by atoms with Crippen molar-refractivity contribution in [2.75, 3.05) is 11.9 Å². The summed E-state index contributed by atoms with van der Waals surface area (Å²) < 4.78 is 10.5. The van der Waals surface area contributed by atoms with E-state index in [0.29, 0.717) is 23.6 Å². The highest BCUT2D eigenvalue weighted by Gasteiger charge is 2.16. The zero-order chi connectivity index (χ0) is 21.2. The molecule has 1 atom stereocenters. The molecule has 0 unspecified atom stereocenters. The van der Waals surface area contributed by atoms with Gasteiger partial charge in [0.2, 0.25) is 5.91 Å². The third-order valence-electron chi connectivity index (χ3n) is 3.76. The van der Waals surface area contributed by atoms with Crippen molar-refractivity contribution >= 4 is 29.5 Å². The summed E-state index contributed by atoms with van der Waals surface area (Å²) in [5.74, 6) is -1.01. The van der Waals surface area contributed by atoms with Crippen molar-refractivity contribution < 1.29 is 23.9 Å². The summed E-state index contributed by atoms with van der Waals surface area (Å²) in [5.41, 5.74) is 6.73. The minimum Gasteiger partial charge on any atom is -0.490 e. The van der Waals surface area contributed by atoms with Crippen LogP contribution in [0.15, 0.2) is 67.3 Å². The molecule has 0 aromatic heterocycles. The quantitative estimate of drug-likeness (QED) is 0.386. The van der Waals surface area contributed by atoms with Crippen LogP contribution in [0.1, 0.15) is 22.8 Å². The van der Waals surface area contributed by atoms with Gasteiger partial charge in [0, 0.05) is 17.3 Å². The van der Waals surface area contributed by atoms with E-state index in [1.165, 1.54) is 37.3 Å². The zero-order valence-corrected chi connectivity index (χ0v) is 16.0. The Morgan fingerprint density at radius 2 is 1.76 bits per heavy atom. The minimum absolute atomic E-state index is 0.327. The summed E-state index contributed by atoms with van der Waals surface area (Å²) in [7, 11) is 0. The predicted molar refractivity (Wildman–Crippen MR) is 110 cm³/mol. The number of amides is 2. The van der Waals surface area contributed by atoms with Crippen LogP contribution in [-0.4, -0.2) is 30.5 Å². The Hall–Kier alpha value is -3.87. The molecule has 0 aliphatic carbocycles. The van der Waals surface area contributed by atoms with Crippen LogP contribution in [0, 0.1) is 0 Å². The molecule has 2 aromatic carbocycles. The van der Waals surface area contributed by atoms with Gasteiger partial charge in [0.05, 0.1) is 0 Å². The van der Waals surface area contributed by atoms with Gasteiger partial charge in [-0.25, -0.2) is 4.79 Å². The Bertz CT molecular complexity index is 902. The number of nitrogens with one attached hydrogen (secondary N) is 1. The first-order valence-electron chi connectivity index (χ1n) is 8.82. The number of ether oxygens (including phenoxy) is 2. The molecule has 3 N–H and O–H groups in total. The second-order valence-corrected chi connectivity index (χ2v) is 6.01. The molecule has 0 saturated heterocycles. The van der Waals surface area contributed by atoms with Gasteiger partial charge in [-0.3, -0.25) is 9.59 Å². The Balaban J connectivity index is 1.85. The molecule has 0 aliphatic heterocycles. The number of hydrogen-bond donors (Lipinski definition) is 2. The van der Waals surface area contributed by atoms with Crippen LogP contribution >= 0.6 is 0 Å². The van der Waals surface area contributed by atoms with Crippen LogP contribution in [0.5, 0.6) is 5.75 Å². The Morgan fingerprint density at radius 1 is 1.10 bits per heavy atom. The van der Waals surface area contributed by atoms with Gasteiger partial charge < -0.3 is 20.5 Å². The van der Waals surface area contributed by atoms with E-state index < -0.39 is 23.9 Å². The van der Waals surface area contributed by atoms with Crippen LogP contribution in [0.25, 0.3) is 6.08 Å². The van der Waals surface area contributed by atoms with Gasteiger partial charge in [0.1, 0.15) is 12.4 Å². The number of anilines is 1. The number of esters is 1. The molecule has 0 bridgehead atoms. The second kappa shape index (κ2) is 10.5. The molecule has 29 heavy (non-hydrogen) atoms. The van der Waals surface area contributed by atoms with Crippen molar-refractivity contribution in [3.8, 4) is 5.75 Å². The fourth-order valence-corrected chi connectivity index (χ4v) is 2.22. The van der Waals surface area contributed by atoms with Gasteiger partial charge in [0.25, 0.3) is 5.91 Å². The number of nitrogens with two attached hydrogens (primary N) is 1. The van der Waals surface area contributed by atoms with Crippen molar-refractivity contribution in [2.45, 2.75) is 13.0 Å². The lowest BCUT2D eigenvalue weighted by atomic mass is 10.2. The van der Waals surface area contributed by atoms with Crippen LogP contribution in [-0.2, 0) is 14.3 Å². The maximum absolute atomic E-state index is 12.1. The number of primary amides is 1. The summed E-state index contributed by atoms with van der Waals surface area (Å²) >= 11 is 0. The molecule has 7 heteroatoms. The monoisotopic (exact) mass is 394 g/mol. The molecule has 7 nitrogen and oxygen atoms in total. The van der Waals surface area contributed by atoms with Crippen LogP contribution in [0.2, 0.25) is 0 Å². The smallest absolute Gasteiger partial charge is 0.331 e. The van der Waals surface area contributed by atoms with Crippen LogP contribution in [0.4, 0.5) is 5.69 Å². The fourth-order valence-electron chi connectivity index (χ4n) is 2.22. The average Bonchev–Trinajstić information content (AvgIpc) is 2.71. The summed E-state index contributed by atoms with van der Waals surface area (Å²) in [6, 6.07) is 13.2. The van der Waals surface area contributed by atoms with Gasteiger partial charge in [-0.1, -0.05) is 24.8 Å². The third kappa shape index (κ3) is 6.99. The molecule has 2 amide bonds. The van der Waals surface area contributed by atoms with Crippen molar-refractivity contribution in [3.63, 3.8) is 0 Å². The number of hydrogen-bond acceptors (Lipinski definition) is 5. The SMILES string of the molecule is C=CCOc1ccc(/C=C/C(=O)O[C@H](C)C(=O)Nc2ccc(C(N)=O)cc2)cc1. The maximum atomic E-state index is 12.1. The molecule has 0 saturated carbocycles. The lowest BCUT2D eigenvalue weighted by Crippen LogP contribution is -2.29. The molecule has 0 aliphatic rings. The molecule has 150 valence electrons. The standard InChI is InChI=1S/C22H22N2O5/c1-3-14-28-19-11-4-16(5-12-19)6-13-20(25)29-15(2)22(27)24-18-9-7-17(8-10-18)21(23)26/h3-13,15H,1,14H2,2H3,(H2,23,26)(H,24,27)/b13-6+/t15-/m1/s1. The van der Waals surface area contributed by atoms with E-state index >= 15 is 0 Å². The lowest BCUT2D eigenvalue weighted by molar-refractivity contribution is -0.148. The highest BCUT2D eigenvalue weighted by Crippen LogP contribution is 2.14. The van der Waals surface area contributed by atoms with Crippen LogP contribution in [0.3, 0.4) is 0 Å². The average molecular weight is 394 g/mol. The lowest BCUT2D eigenvalue weighted by Gasteiger charge is -2.12. The van der Waals surface area contributed by atoms with E-state index in [9.17, 15) is 14.4 Å². The summed E-state index contributed by atoms with van der Waals surface area (Å²) in [4.78, 5) is 35.1. The zero-order valence-electron chi connectivity index (χ0n) is 16.0. The number of carbonyl (C=O) groups is 3. The number of benzene rings is 2. The van der Waals surface area contributed by atoms with Gasteiger partial charge in [-0.05, 0) is 55.0 Å². The first-order chi connectivity index (χ1) is 13.9. The Labute approximate surface area is 168 Å². The molecule has 0 heterocycles. The van der Waals surface area contributed by atoms with Crippen molar-refractivity contribution in [1.29, 1.82) is 0 Å². The molecule has 0 radical (unpaired) electrons. The minimum atomic E-state index is -1.00. The predicted octanol–water partition coefficient (Wildman–Crippen LogP) is 2.93. The molecule has 0 spiro atoms. The van der Waals surface area contributed by atoms with Gasteiger partial charge in [0.15, 0.2) is 6.10 Å². The van der Waals surface area contributed by atoms with Gasteiger partial charge >= 0.3 is 5.97 Å². The molecule has 2 rings (SSSR count). The molecular weight excluding hydrogens is 372 g/mol. The van der Waals surface area contributed by atoms with Gasteiger partial charge in [-0.15, -0.1) is 0 Å². The van der Waals surface area contributed by atoms with Crippen molar-refractivity contribution in [2.24, 2.45) is 5.73 Å². The van der Waals surface area contributed by atoms with E-state index in [1.807, 2.05) is 0 Å². The molecule has 2 aromatic rings. The molecular formula is C22H22N2O5. The van der Waals surface area contributed by atoms with Gasteiger partial charge in [-0.2, -0.15) is 0 Å². The number of rotatable bonds is 9. The first-order valence-corrected chi connectivity index (χ1v) is 8.82. The van der Waals surface area contributed by atoms with Crippen molar-refractivity contribution in [1.82, 2.24) is 0 Å². The fraction of sp³-hybridized carbons (Fsp3) is 0.136. The van der Waals surface area contributed by atoms with E-state index in [1.54, 1.807) is 36.4 Å². The summed E-state index contributed by atoms with van der Waals surface area (Å²) in [6.07, 6.45) is 3.47. The normalized spacial score (nSPS) is 11.5. The van der Waals surface area contributed by atoms with E-state index in [0.717, 1.165) is 5.56 Å². The largest absolute Gasteiger partial charge is 0.490 e. The number of carbonyl (C=O) groups excluding carboxylic acids is 3. The topological polar surface area (TPSA) is 108 Å². The maximum Gasteiger partial charge on any atom is 0.331 e. The van der Waals surface area contributed by atoms with Crippen molar-refractivity contribution in [3.05, 3.63) is 78.4 Å². The molecule has 0 fully saturated rings. The van der Waals surface area contributed by atoms with E-state index in [4.69, 9.17) is 15.2 Å². The summed E-state index contributed by atoms with van der Waals surface area (Å²) in [5, 5.41) is 2.60. The Kier molecular flexibility index (Phi) is 7.73. The third-order valence-corrected chi connectivity index (χ3v) is 3.76. The Morgan fingerprint density at radius 3 is 2.34 bits per heavy atom. The second-order valence-electron chi connectivity index (χ2n) is 6.01. The summed E-state index contributed by atoms with van der Waals surface area (Å²) in [6.45, 7) is 5.45. The highest BCUT2D eigenvalue weighted by molar-refractivity contribution is 5.97. The van der Waals surface area contributed by atoms with E-state index in [-0.39, 0.29) is 0 Å². The van der Waals surface area contributed by atoms with Crippen LogP contribution < -0.4 is 15.8 Å². The first kappa shape index (κ1) is 21.4. The highest BCUT2D eigenvalue weighted by atomic mass is 16.5. The van der Waals surface area contributed by atoms with E-state index in [2.05, 4.69) is 11.9 Å².